The van der Waals surface area contributed by atoms with Crippen molar-refractivity contribution in [3.8, 4) is 0 Å². The Morgan fingerprint density at radius 3 is 2.23 bits per heavy atom. The van der Waals surface area contributed by atoms with Crippen molar-refractivity contribution in [1.29, 1.82) is 0 Å². The van der Waals surface area contributed by atoms with Crippen molar-refractivity contribution < 1.29 is 18.0 Å². The summed E-state index contributed by atoms with van der Waals surface area (Å²) >= 11 is 0. The molecule has 2 N–H and O–H groups in total. The molecule has 1 amide bonds. The molecule has 1 heterocycles. The number of unbranched alkanes of at least 4 members (excludes halogenated alkanes) is 1. The van der Waals surface area contributed by atoms with Gasteiger partial charge in [-0.15, -0.1) is 0 Å². The van der Waals surface area contributed by atoms with Gasteiger partial charge in [0.25, 0.3) is 5.91 Å². The first-order valence-electron chi connectivity index (χ1n) is 16.4. The summed E-state index contributed by atoms with van der Waals surface area (Å²) < 4.78 is 27.7. The maximum Gasteiger partial charge on any atom is 0.278 e. The molecular weight excluding hydrogens is 623 g/mol. The number of aryl methyl sites for hydroxylation is 3. The number of hydrogen-bond donors (Lipinski definition) is 2. The van der Waals surface area contributed by atoms with Gasteiger partial charge in [0.1, 0.15) is 0 Å². The van der Waals surface area contributed by atoms with Crippen LogP contribution in [0.1, 0.15) is 65.1 Å². The third-order valence-electron chi connectivity index (χ3n) is 8.37. The molecule has 254 valence electrons. The number of ketones is 1. The van der Waals surface area contributed by atoms with Gasteiger partial charge in [0.2, 0.25) is 15.8 Å². The molecule has 10 heteroatoms. The zero-order chi connectivity index (χ0) is 34.8. The highest BCUT2D eigenvalue weighted by Crippen LogP contribution is 2.27. The van der Waals surface area contributed by atoms with Gasteiger partial charge in [-0.1, -0.05) is 55.8 Å². The summed E-state index contributed by atoms with van der Waals surface area (Å²) in [6.07, 6.45) is 4.29. The van der Waals surface area contributed by atoms with E-state index >= 15 is 0 Å². The van der Waals surface area contributed by atoms with Crippen molar-refractivity contribution >= 4 is 44.5 Å². The fourth-order valence-electron chi connectivity index (χ4n) is 5.62. The minimum absolute atomic E-state index is 0.203. The lowest BCUT2D eigenvalue weighted by molar-refractivity contribution is -0.110. The molecule has 0 aliphatic rings. The Bertz CT molecular complexity index is 1860. The van der Waals surface area contributed by atoms with Gasteiger partial charge < -0.3 is 14.8 Å². The Hall–Kier alpha value is -4.54. The lowest BCUT2D eigenvalue weighted by atomic mass is 10.1. The molecule has 0 aliphatic heterocycles. The minimum Gasteiger partial charge on any atom is -0.370 e. The van der Waals surface area contributed by atoms with E-state index in [1.54, 1.807) is 6.07 Å². The molecule has 48 heavy (non-hydrogen) atoms. The third kappa shape index (κ3) is 9.74. The van der Waals surface area contributed by atoms with E-state index in [4.69, 9.17) is 4.99 Å². The van der Waals surface area contributed by atoms with E-state index < -0.39 is 21.7 Å². The van der Waals surface area contributed by atoms with Crippen molar-refractivity contribution in [2.45, 2.75) is 60.4 Å². The summed E-state index contributed by atoms with van der Waals surface area (Å²) in [7, 11) is -3.29. The second kappa shape index (κ2) is 16.5. The SMILES string of the molecule is CCCCc1ccc(NC(=O)C(=Nc2ccc(N(CC)CCNS(C)(=O)=O)cc2C)C(=O)c2cc(C)n(Cc3ccccc3)c2C)cc1. The molecule has 0 atom stereocenters. The molecule has 0 bridgehead atoms. The van der Waals surface area contributed by atoms with Crippen LogP contribution in [-0.2, 0) is 27.8 Å². The number of anilines is 2. The van der Waals surface area contributed by atoms with Crippen LogP contribution in [0, 0.1) is 20.8 Å². The van der Waals surface area contributed by atoms with Crippen molar-refractivity contribution in [1.82, 2.24) is 9.29 Å². The highest BCUT2D eigenvalue weighted by molar-refractivity contribution is 7.88. The number of nitrogens with zero attached hydrogens (tertiary/aromatic N) is 3. The van der Waals surface area contributed by atoms with E-state index in [-0.39, 0.29) is 12.3 Å². The zero-order valence-corrected chi connectivity index (χ0v) is 29.7. The van der Waals surface area contributed by atoms with Gasteiger partial charge in [-0.25, -0.2) is 18.1 Å². The van der Waals surface area contributed by atoms with Crippen molar-refractivity contribution in [3.05, 3.63) is 113 Å². The minimum atomic E-state index is -3.29. The van der Waals surface area contributed by atoms with E-state index in [0.717, 1.165) is 53.7 Å². The van der Waals surface area contributed by atoms with Gasteiger partial charge in [-0.2, -0.15) is 0 Å². The van der Waals surface area contributed by atoms with Crippen LogP contribution < -0.4 is 14.9 Å². The van der Waals surface area contributed by atoms with Crippen LogP contribution in [0.15, 0.2) is 83.9 Å². The molecule has 3 aromatic carbocycles. The molecule has 9 nitrogen and oxygen atoms in total. The van der Waals surface area contributed by atoms with Crippen LogP contribution in [0.5, 0.6) is 0 Å². The molecule has 0 spiro atoms. The number of carbonyl (C=O) groups excluding carboxylic acids is 2. The van der Waals surface area contributed by atoms with E-state index in [1.165, 1.54) is 5.56 Å². The van der Waals surface area contributed by atoms with Crippen LogP contribution in [0.2, 0.25) is 0 Å². The first-order chi connectivity index (χ1) is 22.9. The van der Waals surface area contributed by atoms with E-state index in [9.17, 15) is 18.0 Å². The summed E-state index contributed by atoms with van der Waals surface area (Å²) in [5.41, 5.74) is 6.93. The van der Waals surface area contributed by atoms with Crippen LogP contribution >= 0.6 is 0 Å². The third-order valence-corrected chi connectivity index (χ3v) is 9.10. The fraction of sp³-hybridized carbons (Fsp3) is 0.342. The Morgan fingerprint density at radius 2 is 1.60 bits per heavy atom. The van der Waals surface area contributed by atoms with Crippen molar-refractivity contribution in [3.63, 3.8) is 0 Å². The number of hydrogen-bond acceptors (Lipinski definition) is 6. The molecule has 4 rings (SSSR count). The normalized spacial score (nSPS) is 11.8. The summed E-state index contributed by atoms with van der Waals surface area (Å²) in [5, 5.41) is 2.91. The number of sulfonamides is 1. The van der Waals surface area contributed by atoms with Crippen molar-refractivity contribution in [2.24, 2.45) is 4.99 Å². The molecule has 1 aromatic heterocycles. The van der Waals surface area contributed by atoms with E-state index in [0.29, 0.717) is 36.6 Å². The number of likely N-dealkylation sites (N-methyl/N-ethyl adjacent to an activating group) is 1. The van der Waals surface area contributed by atoms with Crippen molar-refractivity contribution in [2.75, 3.05) is 36.1 Å². The number of rotatable bonds is 16. The highest BCUT2D eigenvalue weighted by Gasteiger charge is 2.27. The molecular formula is C38H47N5O4S. The van der Waals surface area contributed by atoms with Gasteiger partial charge in [0.15, 0.2) is 5.71 Å². The monoisotopic (exact) mass is 669 g/mol. The summed E-state index contributed by atoms with van der Waals surface area (Å²) in [4.78, 5) is 34.9. The number of carbonyl (C=O) groups is 2. The summed E-state index contributed by atoms with van der Waals surface area (Å²) in [6.45, 7) is 11.9. The van der Waals surface area contributed by atoms with Crippen LogP contribution in [0.3, 0.4) is 0 Å². The average molecular weight is 670 g/mol. The molecule has 0 unspecified atom stereocenters. The number of amides is 1. The highest BCUT2D eigenvalue weighted by atomic mass is 32.2. The van der Waals surface area contributed by atoms with Gasteiger partial charge in [0, 0.05) is 54.5 Å². The fourth-order valence-corrected chi connectivity index (χ4v) is 6.08. The van der Waals surface area contributed by atoms with Gasteiger partial charge >= 0.3 is 0 Å². The van der Waals surface area contributed by atoms with E-state index in [1.807, 2.05) is 105 Å². The molecule has 0 saturated carbocycles. The second-order valence-corrected chi connectivity index (χ2v) is 14.0. The molecule has 0 radical (unpaired) electrons. The predicted molar refractivity (Wildman–Crippen MR) is 196 cm³/mol. The molecule has 0 fully saturated rings. The quantitative estimate of drug-likeness (QED) is 0.0777. The zero-order valence-electron chi connectivity index (χ0n) is 28.8. The maximum atomic E-state index is 14.3. The Morgan fingerprint density at radius 1 is 0.896 bits per heavy atom. The van der Waals surface area contributed by atoms with Crippen LogP contribution in [0.25, 0.3) is 0 Å². The van der Waals surface area contributed by atoms with Gasteiger partial charge in [-0.05, 0) is 93.6 Å². The standard InChI is InChI=1S/C38H47N5O4S/c1-7-9-13-30-16-18-32(19-17-30)40-38(45)36(37(44)34-25-28(4)43(29(34)5)26-31-14-11-10-12-15-31)41-35-21-20-33(24-27(35)3)42(8-2)23-22-39-48(6,46)47/h10-12,14-21,24-25,39H,7-9,13,22-23,26H2,1-6H3,(H,40,45). The van der Waals surface area contributed by atoms with Crippen LogP contribution in [0.4, 0.5) is 17.1 Å². The second-order valence-electron chi connectivity index (χ2n) is 12.1. The molecule has 4 aromatic rings. The van der Waals surface area contributed by atoms with E-state index in [2.05, 4.69) is 21.5 Å². The first-order valence-corrected chi connectivity index (χ1v) is 18.3. The molecule has 0 saturated heterocycles. The Kier molecular flexibility index (Phi) is 12.5. The summed E-state index contributed by atoms with van der Waals surface area (Å²) in [5.74, 6) is -1.04. The largest absolute Gasteiger partial charge is 0.370 e. The lowest BCUT2D eigenvalue weighted by Crippen LogP contribution is -2.34. The number of aromatic nitrogens is 1. The average Bonchev–Trinajstić information content (AvgIpc) is 3.34. The first kappa shape index (κ1) is 36.3. The Labute approximate surface area is 285 Å². The number of nitrogens with one attached hydrogen (secondary N) is 2. The lowest BCUT2D eigenvalue weighted by Gasteiger charge is -2.24. The predicted octanol–water partition coefficient (Wildman–Crippen LogP) is 6.77. The molecule has 0 aliphatic carbocycles. The summed E-state index contributed by atoms with van der Waals surface area (Å²) in [6, 6.07) is 25.2. The number of Topliss-reactive ketones (excluding diaryl/α,β-unsaturated/α-hetero) is 1. The number of aliphatic imine (C=N–C) groups is 1. The number of benzene rings is 3. The smallest absolute Gasteiger partial charge is 0.278 e. The maximum absolute atomic E-state index is 14.3. The van der Waals surface area contributed by atoms with Gasteiger partial charge in [-0.3, -0.25) is 9.59 Å². The Balaban J connectivity index is 1.68. The topological polar surface area (TPSA) is 113 Å². The van der Waals surface area contributed by atoms with Crippen LogP contribution in [-0.4, -0.2) is 56.3 Å². The van der Waals surface area contributed by atoms with Gasteiger partial charge in [0.05, 0.1) is 11.9 Å².